The first-order chi connectivity index (χ1) is 15.5. The minimum absolute atomic E-state index is 0.0140. The fourth-order valence-electron chi connectivity index (χ4n) is 3.42. The van der Waals surface area contributed by atoms with Gasteiger partial charge in [-0.1, -0.05) is 18.5 Å². The number of halogens is 4. The molecule has 0 aliphatic carbocycles. The highest BCUT2D eigenvalue weighted by Gasteiger charge is 2.36. The highest BCUT2D eigenvalue weighted by atomic mass is 35.5. The van der Waals surface area contributed by atoms with Crippen LogP contribution in [0.5, 0.6) is 0 Å². The van der Waals surface area contributed by atoms with E-state index in [0.717, 1.165) is 11.0 Å². The molecule has 4 heterocycles. The van der Waals surface area contributed by atoms with Crippen molar-refractivity contribution in [3.63, 3.8) is 0 Å². The molecule has 12 heteroatoms. The van der Waals surface area contributed by atoms with Crippen LogP contribution >= 0.6 is 11.6 Å². The molecule has 172 valence electrons. The Labute approximate surface area is 192 Å². The van der Waals surface area contributed by atoms with Gasteiger partial charge in [0.2, 0.25) is 0 Å². The Balaban J connectivity index is 1.80. The number of nitrogens with zero attached hydrogens (tertiary/aromatic N) is 4. The molecule has 4 rings (SSSR count). The molecule has 0 radical (unpaired) electrons. The maximum Gasteiger partial charge on any atom is 0.417 e. The first kappa shape index (κ1) is 23.1. The van der Waals surface area contributed by atoms with E-state index in [2.05, 4.69) is 15.0 Å². The van der Waals surface area contributed by atoms with Crippen molar-refractivity contribution in [2.45, 2.75) is 24.4 Å². The van der Waals surface area contributed by atoms with Gasteiger partial charge in [-0.2, -0.15) is 13.2 Å². The minimum atomic E-state index is -4.64. The number of fused-ring (bicyclic) bond motifs is 1. The predicted molar refractivity (Wildman–Crippen MR) is 115 cm³/mol. The van der Waals surface area contributed by atoms with Gasteiger partial charge in [-0.25, -0.2) is 13.4 Å². The lowest BCUT2D eigenvalue weighted by molar-refractivity contribution is -0.137. The summed E-state index contributed by atoms with van der Waals surface area (Å²) in [6.07, 6.45) is -1.01. The fraction of sp³-hybridized carbons (Fsp3) is 0.238. The van der Waals surface area contributed by atoms with Crippen LogP contribution in [0.1, 0.15) is 28.7 Å². The Kier molecular flexibility index (Phi) is 5.87. The van der Waals surface area contributed by atoms with Gasteiger partial charge in [0.25, 0.3) is 5.91 Å². The van der Waals surface area contributed by atoms with Gasteiger partial charge in [-0.05, 0) is 24.3 Å². The molecule has 0 unspecified atom stereocenters. The molecule has 0 saturated carbocycles. The number of carbonyl (C=O) groups is 1. The van der Waals surface area contributed by atoms with Crippen LogP contribution in [0, 0.1) is 0 Å². The smallest absolute Gasteiger partial charge is 0.305 e. The first-order valence-corrected chi connectivity index (χ1v) is 11.8. The summed E-state index contributed by atoms with van der Waals surface area (Å²) in [6.45, 7) is 1.47. The molecule has 0 spiro atoms. The van der Waals surface area contributed by atoms with E-state index in [1.54, 1.807) is 12.1 Å². The van der Waals surface area contributed by atoms with Gasteiger partial charge >= 0.3 is 6.18 Å². The van der Waals surface area contributed by atoms with E-state index in [4.69, 9.17) is 11.6 Å². The van der Waals surface area contributed by atoms with Gasteiger partial charge in [0.1, 0.15) is 5.69 Å². The maximum absolute atomic E-state index is 13.3. The Bertz CT molecular complexity index is 1350. The molecule has 0 bridgehead atoms. The minimum Gasteiger partial charge on any atom is -0.305 e. The summed E-state index contributed by atoms with van der Waals surface area (Å²) in [7, 11) is -3.91. The van der Waals surface area contributed by atoms with Gasteiger partial charge in [-0.3, -0.25) is 14.8 Å². The summed E-state index contributed by atoms with van der Waals surface area (Å²) in [6, 6.07) is 5.28. The van der Waals surface area contributed by atoms with Crippen LogP contribution in [0.4, 0.5) is 18.9 Å². The third-order valence-electron chi connectivity index (χ3n) is 5.18. The predicted octanol–water partition coefficient (Wildman–Crippen LogP) is 4.21. The summed E-state index contributed by atoms with van der Waals surface area (Å²) in [5, 5.41) is 0.388. The topological polar surface area (TPSA) is 93.1 Å². The van der Waals surface area contributed by atoms with Crippen LogP contribution in [-0.4, -0.2) is 41.6 Å². The summed E-state index contributed by atoms with van der Waals surface area (Å²) in [5.41, 5.74) is -0.334. The van der Waals surface area contributed by atoms with Crippen molar-refractivity contribution < 1.29 is 26.4 Å². The standard InChI is InChI=1S/C21H16ClF3N4O3S/c1-2-33(31,32)18-7-12(15-4-3-14(22)11-27-15)9-28-19(18)20(30)29-6-5-16-17(29)8-13(10-26-16)21(23,24)25/h3-4,7-11H,2,5-6H2,1H3. The Hall–Kier alpha value is -3.05. The van der Waals surface area contributed by atoms with Crippen LogP contribution in [0.15, 0.2) is 47.8 Å². The van der Waals surface area contributed by atoms with Gasteiger partial charge in [-0.15, -0.1) is 0 Å². The van der Waals surface area contributed by atoms with Crippen molar-refractivity contribution in [2.75, 3.05) is 17.2 Å². The molecule has 7 nitrogen and oxygen atoms in total. The zero-order valence-corrected chi connectivity index (χ0v) is 18.7. The van der Waals surface area contributed by atoms with E-state index in [1.165, 1.54) is 25.4 Å². The second-order valence-corrected chi connectivity index (χ2v) is 9.91. The lowest BCUT2D eigenvalue weighted by atomic mass is 10.1. The third kappa shape index (κ3) is 4.42. The lowest BCUT2D eigenvalue weighted by Gasteiger charge is -2.19. The molecular weight excluding hydrogens is 481 g/mol. The van der Waals surface area contributed by atoms with Crippen molar-refractivity contribution in [2.24, 2.45) is 0 Å². The quantitative estimate of drug-likeness (QED) is 0.537. The number of aromatic nitrogens is 3. The monoisotopic (exact) mass is 496 g/mol. The van der Waals surface area contributed by atoms with Crippen LogP contribution in [0.25, 0.3) is 11.3 Å². The zero-order valence-electron chi connectivity index (χ0n) is 17.1. The number of amides is 1. The molecule has 3 aromatic heterocycles. The number of sulfone groups is 1. The van der Waals surface area contributed by atoms with E-state index >= 15 is 0 Å². The molecule has 1 aliphatic heterocycles. The second kappa shape index (κ2) is 8.38. The number of carbonyl (C=O) groups excluding carboxylic acids is 1. The number of hydrogen-bond acceptors (Lipinski definition) is 6. The molecule has 0 fully saturated rings. The summed E-state index contributed by atoms with van der Waals surface area (Å²) in [5.74, 6) is -1.12. The summed E-state index contributed by atoms with van der Waals surface area (Å²) >= 11 is 5.85. The molecular formula is C21H16ClF3N4O3S. The molecule has 33 heavy (non-hydrogen) atoms. The molecule has 0 saturated heterocycles. The van der Waals surface area contributed by atoms with Crippen molar-refractivity contribution in [1.29, 1.82) is 0 Å². The Morgan fingerprint density at radius 2 is 1.88 bits per heavy atom. The average molecular weight is 497 g/mol. The number of pyridine rings is 3. The van der Waals surface area contributed by atoms with Crippen molar-refractivity contribution in [3.05, 3.63) is 64.8 Å². The summed E-state index contributed by atoms with van der Waals surface area (Å²) in [4.78, 5) is 26.1. The van der Waals surface area contributed by atoms with E-state index < -0.39 is 27.5 Å². The average Bonchev–Trinajstić information content (AvgIpc) is 3.21. The van der Waals surface area contributed by atoms with Gasteiger partial charge in [0.15, 0.2) is 9.84 Å². The largest absolute Gasteiger partial charge is 0.417 e. The van der Waals surface area contributed by atoms with E-state index in [-0.39, 0.29) is 35.0 Å². The number of hydrogen-bond donors (Lipinski definition) is 0. The van der Waals surface area contributed by atoms with Gasteiger partial charge < -0.3 is 4.90 Å². The zero-order chi connectivity index (χ0) is 24.0. The van der Waals surface area contributed by atoms with Crippen LogP contribution in [0.3, 0.4) is 0 Å². The van der Waals surface area contributed by atoms with Gasteiger partial charge in [0.05, 0.1) is 38.3 Å². The van der Waals surface area contributed by atoms with Crippen molar-refractivity contribution in [1.82, 2.24) is 15.0 Å². The van der Waals surface area contributed by atoms with Crippen LogP contribution in [-0.2, 0) is 22.4 Å². The van der Waals surface area contributed by atoms with E-state index in [0.29, 0.717) is 28.2 Å². The van der Waals surface area contributed by atoms with Crippen LogP contribution < -0.4 is 4.90 Å². The maximum atomic E-state index is 13.3. The molecule has 0 aromatic carbocycles. The normalized spacial score (nSPS) is 13.8. The lowest BCUT2D eigenvalue weighted by Crippen LogP contribution is -2.31. The molecule has 1 aliphatic rings. The second-order valence-electron chi connectivity index (χ2n) is 7.23. The highest BCUT2D eigenvalue weighted by Crippen LogP contribution is 2.36. The summed E-state index contributed by atoms with van der Waals surface area (Å²) < 4.78 is 65.1. The van der Waals surface area contributed by atoms with Crippen LogP contribution in [0.2, 0.25) is 5.02 Å². The highest BCUT2D eigenvalue weighted by molar-refractivity contribution is 7.91. The Morgan fingerprint density at radius 1 is 1.12 bits per heavy atom. The fourth-order valence-corrected chi connectivity index (χ4v) is 4.59. The van der Waals surface area contributed by atoms with Crippen molar-refractivity contribution in [3.8, 4) is 11.3 Å². The van der Waals surface area contributed by atoms with E-state index in [1.807, 2.05) is 0 Å². The number of anilines is 1. The molecule has 1 amide bonds. The molecule has 0 atom stereocenters. The van der Waals surface area contributed by atoms with Crippen molar-refractivity contribution >= 4 is 33.0 Å². The SMILES string of the molecule is CCS(=O)(=O)c1cc(-c2ccc(Cl)cn2)cnc1C(=O)N1CCc2ncc(C(F)(F)F)cc21. The third-order valence-corrected chi connectivity index (χ3v) is 7.14. The first-order valence-electron chi connectivity index (χ1n) is 9.74. The molecule has 0 N–H and O–H groups in total. The number of alkyl halides is 3. The Morgan fingerprint density at radius 3 is 2.52 bits per heavy atom. The molecule has 3 aromatic rings. The van der Waals surface area contributed by atoms with Gasteiger partial charge in [0, 0.05) is 37.1 Å². The van der Waals surface area contributed by atoms with E-state index in [9.17, 15) is 26.4 Å². The number of rotatable bonds is 4.